The van der Waals surface area contributed by atoms with Gasteiger partial charge < -0.3 is 15.1 Å². The van der Waals surface area contributed by atoms with E-state index < -0.39 is 0 Å². The van der Waals surface area contributed by atoms with Crippen molar-refractivity contribution in [2.45, 2.75) is 32.2 Å². The number of aromatic nitrogens is 4. The fourth-order valence-corrected chi connectivity index (χ4v) is 6.45. The van der Waals surface area contributed by atoms with Gasteiger partial charge in [-0.15, -0.1) is 17.9 Å². The Morgan fingerprint density at radius 2 is 1.81 bits per heavy atom. The second-order valence-electron chi connectivity index (χ2n) is 10.3. The van der Waals surface area contributed by atoms with Gasteiger partial charge in [0.2, 0.25) is 5.95 Å². The molecule has 1 N–H and O–H groups in total. The number of likely N-dealkylation sites (tertiary alicyclic amines) is 1. The molecule has 37 heavy (non-hydrogen) atoms. The third-order valence-electron chi connectivity index (χ3n) is 8.05. The van der Waals surface area contributed by atoms with Gasteiger partial charge in [-0.25, -0.2) is 14.3 Å². The molecular formula is C28H33N7OS. The Bertz CT molecular complexity index is 1440. The van der Waals surface area contributed by atoms with E-state index in [-0.39, 0.29) is 5.56 Å². The van der Waals surface area contributed by atoms with Crippen LogP contribution in [0.2, 0.25) is 0 Å². The van der Waals surface area contributed by atoms with Crippen LogP contribution in [0.15, 0.2) is 65.4 Å². The average molecular weight is 516 g/mol. The van der Waals surface area contributed by atoms with Crippen molar-refractivity contribution in [3.8, 4) is 5.00 Å². The van der Waals surface area contributed by atoms with Crippen LogP contribution in [0.25, 0.3) is 16.0 Å². The maximum absolute atomic E-state index is 13.0. The third kappa shape index (κ3) is 4.57. The summed E-state index contributed by atoms with van der Waals surface area (Å²) in [5.74, 6) is 0.462. The van der Waals surface area contributed by atoms with Crippen molar-refractivity contribution >= 4 is 39.7 Å². The molecule has 2 aliphatic rings. The molecule has 0 radical (unpaired) electrons. The summed E-state index contributed by atoms with van der Waals surface area (Å²) in [6.07, 6.45) is 8.56. The van der Waals surface area contributed by atoms with Crippen LogP contribution in [0.1, 0.15) is 25.7 Å². The molecule has 0 bridgehead atoms. The van der Waals surface area contributed by atoms with Crippen molar-refractivity contribution in [3.05, 3.63) is 71.0 Å². The summed E-state index contributed by atoms with van der Waals surface area (Å²) < 4.78 is 3.50. The Labute approximate surface area is 220 Å². The van der Waals surface area contributed by atoms with Gasteiger partial charge in [0.15, 0.2) is 5.65 Å². The average Bonchev–Trinajstić information content (AvgIpc) is 3.54. The fraction of sp³-hybridized carbons (Fsp3) is 0.393. The number of piperidine rings is 2. The van der Waals surface area contributed by atoms with Gasteiger partial charge in [-0.1, -0.05) is 6.08 Å². The number of anilines is 3. The van der Waals surface area contributed by atoms with E-state index in [9.17, 15) is 4.79 Å². The maximum Gasteiger partial charge on any atom is 0.278 e. The molecule has 2 saturated heterocycles. The molecule has 1 spiro atoms. The first-order valence-corrected chi connectivity index (χ1v) is 13.9. The number of rotatable bonds is 6. The van der Waals surface area contributed by atoms with E-state index >= 15 is 0 Å². The summed E-state index contributed by atoms with van der Waals surface area (Å²) in [6, 6.07) is 12.5. The molecule has 1 aromatic carbocycles. The van der Waals surface area contributed by atoms with Crippen molar-refractivity contribution in [1.82, 2.24) is 24.2 Å². The molecule has 2 aliphatic heterocycles. The lowest BCUT2D eigenvalue weighted by Crippen LogP contribution is -2.46. The highest BCUT2D eigenvalue weighted by molar-refractivity contribution is 7.12. The van der Waals surface area contributed by atoms with Gasteiger partial charge in [-0.3, -0.25) is 4.79 Å². The monoisotopic (exact) mass is 515 g/mol. The van der Waals surface area contributed by atoms with Crippen molar-refractivity contribution in [1.29, 1.82) is 0 Å². The zero-order chi connectivity index (χ0) is 25.4. The summed E-state index contributed by atoms with van der Waals surface area (Å²) in [7, 11) is 2.24. The van der Waals surface area contributed by atoms with E-state index in [1.165, 1.54) is 44.5 Å². The lowest BCUT2D eigenvalue weighted by molar-refractivity contribution is 0.0945. The summed E-state index contributed by atoms with van der Waals surface area (Å²) in [5.41, 5.74) is 3.19. The summed E-state index contributed by atoms with van der Waals surface area (Å²) in [5, 5.41) is 6.72. The van der Waals surface area contributed by atoms with Crippen LogP contribution < -0.4 is 15.8 Å². The highest BCUT2D eigenvalue weighted by Gasteiger charge is 2.36. The number of allylic oxidation sites excluding steroid dienone is 1. The van der Waals surface area contributed by atoms with Gasteiger partial charge in [0.05, 0.1) is 6.54 Å². The van der Waals surface area contributed by atoms with E-state index in [1.54, 1.807) is 28.3 Å². The van der Waals surface area contributed by atoms with Crippen LogP contribution >= 0.6 is 11.3 Å². The molecule has 192 valence electrons. The molecule has 9 heteroatoms. The first kappa shape index (κ1) is 23.9. The number of fused-ring (bicyclic) bond motifs is 1. The van der Waals surface area contributed by atoms with Crippen molar-refractivity contribution in [2.24, 2.45) is 5.41 Å². The van der Waals surface area contributed by atoms with E-state index in [4.69, 9.17) is 4.98 Å². The zero-order valence-corrected chi connectivity index (χ0v) is 22.1. The minimum Gasteiger partial charge on any atom is -0.371 e. The van der Waals surface area contributed by atoms with Crippen LogP contribution in [0.5, 0.6) is 0 Å². The highest BCUT2D eigenvalue weighted by atomic mass is 32.1. The van der Waals surface area contributed by atoms with Crippen LogP contribution in [0.3, 0.4) is 0 Å². The van der Waals surface area contributed by atoms with Gasteiger partial charge in [0, 0.05) is 30.7 Å². The lowest BCUT2D eigenvalue weighted by Gasteiger charge is -2.46. The summed E-state index contributed by atoms with van der Waals surface area (Å²) >= 11 is 1.56. The highest BCUT2D eigenvalue weighted by Crippen LogP contribution is 2.42. The summed E-state index contributed by atoms with van der Waals surface area (Å²) in [4.78, 5) is 27.1. The lowest BCUT2D eigenvalue weighted by atomic mass is 9.71. The zero-order valence-electron chi connectivity index (χ0n) is 21.3. The van der Waals surface area contributed by atoms with Gasteiger partial charge in [0.25, 0.3) is 5.56 Å². The minimum atomic E-state index is -0.122. The number of hydrogen-bond acceptors (Lipinski definition) is 7. The molecule has 0 atom stereocenters. The number of nitrogens with one attached hydrogen (secondary N) is 1. The van der Waals surface area contributed by atoms with Crippen molar-refractivity contribution < 1.29 is 0 Å². The third-order valence-corrected chi connectivity index (χ3v) is 8.90. The molecule has 4 aromatic rings. The Morgan fingerprint density at radius 1 is 1.08 bits per heavy atom. The molecule has 3 aromatic heterocycles. The number of thiophene rings is 1. The van der Waals surface area contributed by atoms with Crippen LogP contribution in [-0.2, 0) is 6.54 Å². The van der Waals surface area contributed by atoms with Gasteiger partial charge in [-0.2, -0.15) is 4.98 Å². The topological polar surface area (TPSA) is 71.2 Å². The van der Waals surface area contributed by atoms with Gasteiger partial charge >= 0.3 is 0 Å². The second-order valence-corrected chi connectivity index (χ2v) is 11.3. The Kier molecular flexibility index (Phi) is 6.34. The van der Waals surface area contributed by atoms with Crippen LogP contribution in [-0.4, -0.2) is 57.5 Å². The Morgan fingerprint density at radius 3 is 2.49 bits per heavy atom. The molecule has 0 saturated carbocycles. The normalized spacial score (nSPS) is 17.9. The quantitative estimate of drug-likeness (QED) is 0.369. The van der Waals surface area contributed by atoms with Crippen molar-refractivity contribution in [2.75, 3.05) is 43.4 Å². The number of hydrogen-bond donors (Lipinski definition) is 1. The molecular weight excluding hydrogens is 482 g/mol. The molecule has 2 fully saturated rings. The maximum atomic E-state index is 13.0. The first-order valence-electron chi connectivity index (χ1n) is 13.0. The molecule has 0 unspecified atom stereocenters. The van der Waals surface area contributed by atoms with Crippen LogP contribution in [0, 0.1) is 5.41 Å². The SMILES string of the molecule is C=CCn1c(=O)c2cnc(Nc3ccc(N4CCC5(CCN(C)CC5)CC4)cc3)nc2n1-c1cccs1. The molecule has 5 heterocycles. The molecule has 0 aliphatic carbocycles. The minimum absolute atomic E-state index is 0.122. The number of nitrogens with zero attached hydrogens (tertiary/aromatic N) is 6. The van der Waals surface area contributed by atoms with Crippen molar-refractivity contribution in [3.63, 3.8) is 0 Å². The molecule has 0 amide bonds. The van der Waals surface area contributed by atoms with Gasteiger partial charge in [-0.05, 0) is 93.0 Å². The first-order chi connectivity index (χ1) is 18.0. The van der Waals surface area contributed by atoms with E-state index in [0.29, 0.717) is 28.9 Å². The Balaban J connectivity index is 1.19. The fourth-order valence-electron chi connectivity index (χ4n) is 5.71. The molecule has 8 nitrogen and oxygen atoms in total. The largest absolute Gasteiger partial charge is 0.371 e. The predicted molar refractivity (Wildman–Crippen MR) is 152 cm³/mol. The predicted octanol–water partition coefficient (Wildman–Crippen LogP) is 4.89. The smallest absolute Gasteiger partial charge is 0.278 e. The summed E-state index contributed by atoms with van der Waals surface area (Å²) in [6.45, 7) is 8.91. The van der Waals surface area contributed by atoms with E-state index in [2.05, 4.69) is 58.0 Å². The van der Waals surface area contributed by atoms with E-state index in [0.717, 1.165) is 23.8 Å². The molecule has 6 rings (SSSR count). The van der Waals surface area contributed by atoms with Gasteiger partial charge in [0.1, 0.15) is 10.4 Å². The van der Waals surface area contributed by atoms with Crippen LogP contribution in [0.4, 0.5) is 17.3 Å². The second kappa shape index (κ2) is 9.79. The standard InChI is InChI=1S/C28H33N7OS/c1-3-14-34-26(36)23-20-29-27(31-25(23)35(34)24-5-4-19-37-24)30-21-6-8-22(9-7-21)33-17-12-28(13-18-33)10-15-32(2)16-11-28/h3-9,19-20H,1,10-18H2,2H3,(H,29,30,31). The number of benzene rings is 1. The van der Waals surface area contributed by atoms with E-state index in [1.807, 2.05) is 22.2 Å². The Hall–Kier alpha value is -3.43.